The average Bonchev–Trinajstić information content (AvgIpc) is 2.97. The van der Waals surface area contributed by atoms with Crippen molar-refractivity contribution >= 4 is 17.5 Å². The van der Waals surface area contributed by atoms with Crippen LogP contribution in [-0.2, 0) is 9.59 Å². The van der Waals surface area contributed by atoms with Crippen LogP contribution in [0.2, 0.25) is 0 Å². The standard InChI is InChI=1S/C18H18N2O2/c1-12-7-8-14(11-15(12)13-5-3-2-4-6-13)19-18(22)16-9-10-17(21)20-16/h2-8,11,16H,9-10H2,1H3,(H,19,22)(H,20,21)/t16-/m0/s1. The van der Waals surface area contributed by atoms with Gasteiger partial charge in [-0.3, -0.25) is 9.59 Å². The normalized spacial score (nSPS) is 17.1. The van der Waals surface area contributed by atoms with Crippen molar-refractivity contribution in [2.75, 3.05) is 5.32 Å². The van der Waals surface area contributed by atoms with Gasteiger partial charge < -0.3 is 10.6 Å². The van der Waals surface area contributed by atoms with E-state index in [2.05, 4.69) is 10.6 Å². The highest BCUT2D eigenvalue weighted by atomic mass is 16.2. The van der Waals surface area contributed by atoms with Crippen molar-refractivity contribution in [3.8, 4) is 11.1 Å². The number of amides is 2. The zero-order valence-corrected chi connectivity index (χ0v) is 12.4. The molecule has 1 atom stereocenters. The Balaban J connectivity index is 1.80. The Hall–Kier alpha value is -2.62. The van der Waals surface area contributed by atoms with E-state index in [1.807, 2.05) is 55.5 Å². The molecule has 0 aliphatic carbocycles. The third-order valence-corrected chi connectivity index (χ3v) is 3.90. The minimum Gasteiger partial charge on any atom is -0.344 e. The first kappa shape index (κ1) is 14.3. The molecule has 2 amide bonds. The van der Waals surface area contributed by atoms with Crippen molar-refractivity contribution in [2.45, 2.75) is 25.8 Å². The van der Waals surface area contributed by atoms with Crippen LogP contribution in [0, 0.1) is 6.92 Å². The van der Waals surface area contributed by atoms with Crippen LogP contribution in [0.1, 0.15) is 18.4 Å². The number of nitrogens with one attached hydrogen (secondary N) is 2. The predicted octanol–water partition coefficient (Wildman–Crippen LogP) is 2.88. The highest BCUT2D eigenvalue weighted by molar-refractivity contribution is 5.99. The number of anilines is 1. The number of carbonyl (C=O) groups is 2. The lowest BCUT2D eigenvalue weighted by atomic mass is 10.00. The van der Waals surface area contributed by atoms with Crippen LogP contribution in [0.15, 0.2) is 48.5 Å². The molecule has 112 valence electrons. The molecule has 22 heavy (non-hydrogen) atoms. The Morgan fingerprint density at radius 2 is 1.95 bits per heavy atom. The van der Waals surface area contributed by atoms with Crippen molar-refractivity contribution in [3.63, 3.8) is 0 Å². The van der Waals surface area contributed by atoms with E-state index >= 15 is 0 Å². The second-order valence-electron chi connectivity index (χ2n) is 5.54. The van der Waals surface area contributed by atoms with E-state index in [1.165, 1.54) is 0 Å². The Morgan fingerprint density at radius 3 is 2.64 bits per heavy atom. The van der Waals surface area contributed by atoms with Gasteiger partial charge in [-0.1, -0.05) is 36.4 Å². The monoisotopic (exact) mass is 294 g/mol. The third kappa shape index (κ3) is 3.01. The molecule has 2 N–H and O–H groups in total. The molecule has 0 bridgehead atoms. The Kier molecular flexibility index (Phi) is 3.92. The van der Waals surface area contributed by atoms with Crippen LogP contribution in [0.3, 0.4) is 0 Å². The maximum Gasteiger partial charge on any atom is 0.246 e. The maximum atomic E-state index is 12.2. The summed E-state index contributed by atoms with van der Waals surface area (Å²) < 4.78 is 0. The van der Waals surface area contributed by atoms with Gasteiger partial charge in [-0.15, -0.1) is 0 Å². The van der Waals surface area contributed by atoms with Crippen LogP contribution < -0.4 is 10.6 Å². The molecular weight excluding hydrogens is 276 g/mol. The van der Waals surface area contributed by atoms with Crippen LogP contribution in [0.25, 0.3) is 11.1 Å². The van der Waals surface area contributed by atoms with Gasteiger partial charge in [0.25, 0.3) is 0 Å². The third-order valence-electron chi connectivity index (χ3n) is 3.90. The van der Waals surface area contributed by atoms with E-state index in [-0.39, 0.29) is 11.8 Å². The minimum atomic E-state index is -0.422. The fourth-order valence-electron chi connectivity index (χ4n) is 2.67. The number of hydrogen-bond donors (Lipinski definition) is 2. The molecule has 4 nitrogen and oxygen atoms in total. The molecule has 2 aromatic rings. The number of rotatable bonds is 3. The molecule has 0 spiro atoms. The lowest BCUT2D eigenvalue weighted by Crippen LogP contribution is -2.37. The second kappa shape index (κ2) is 6.02. The van der Waals surface area contributed by atoms with Gasteiger partial charge in [-0.05, 0) is 42.2 Å². The van der Waals surface area contributed by atoms with Gasteiger partial charge in [0, 0.05) is 12.1 Å². The number of aryl methyl sites for hydroxylation is 1. The highest BCUT2D eigenvalue weighted by Gasteiger charge is 2.27. The quantitative estimate of drug-likeness (QED) is 0.914. The van der Waals surface area contributed by atoms with Gasteiger partial charge in [0.1, 0.15) is 6.04 Å². The minimum absolute atomic E-state index is 0.0611. The summed E-state index contributed by atoms with van der Waals surface area (Å²) in [5.41, 5.74) is 4.10. The van der Waals surface area contributed by atoms with Gasteiger partial charge in [0.15, 0.2) is 0 Å². The molecule has 4 heteroatoms. The lowest BCUT2D eigenvalue weighted by Gasteiger charge is -2.13. The topological polar surface area (TPSA) is 58.2 Å². The lowest BCUT2D eigenvalue weighted by molar-refractivity contribution is -0.122. The van der Waals surface area contributed by atoms with Crippen LogP contribution in [0.4, 0.5) is 5.69 Å². The SMILES string of the molecule is Cc1ccc(NC(=O)[C@@H]2CCC(=O)N2)cc1-c1ccccc1. The summed E-state index contributed by atoms with van der Waals surface area (Å²) in [5, 5.41) is 5.57. The summed E-state index contributed by atoms with van der Waals surface area (Å²) in [6.07, 6.45) is 0.976. The fourth-order valence-corrected chi connectivity index (χ4v) is 2.67. The van der Waals surface area contributed by atoms with Crippen molar-refractivity contribution < 1.29 is 9.59 Å². The second-order valence-corrected chi connectivity index (χ2v) is 5.54. The van der Waals surface area contributed by atoms with Crippen LogP contribution >= 0.6 is 0 Å². The summed E-state index contributed by atoms with van der Waals surface area (Å²) in [6, 6.07) is 15.5. The molecule has 0 aromatic heterocycles. The van der Waals surface area contributed by atoms with Gasteiger partial charge in [0.2, 0.25) is 11.8 Å². The van der Waals surface area contributed by atoms with Crippen molar-refractivity contribution in [2.24, 2.45) is 0 Å². The molecule has 1 aliphatic rings. The molecule has 1 fully saturated rings. The Morgan fingerprint density at radius 1 is 1.18 bits per heavy atom. The van der Waals surface area contributed by atoms with E-state index in [4.69, 9.17) is 0 Å². The molecule has 0 unspecified atom stereocenters. The van der Waals surface area contributed by atoms with Crippen molar-refractivity contribution in [3.05, 3.63) is 54.1 Å². The van der Waals surface area contributed by atoms with E-state index in [0.29, 0.717) is 12.8 Å². The van der Waals surface area contributed by atoms with E-state index < -0.39 is 6.04 Å². The molecule has 0 radical (unpaired) electrons. The first-order chi connectivity index (χ1) is 10.6. The molecule has 3 rings (SSSR count). The summed E-state index contributed by atoms with van der Waals surface area (Å²) in [5.74, 6) is -0.220. The van der Waals surface area contributed by atoms with E-state index in [1.54, 1.807) is 0 Å². The zero-order valence-electron chi connectivity index (χ0n) is 12.4. The summed E-state index contributed by atoms with van der Waals surface area (Å²) in [7, 11) is 0. The number of benzene rings is 2. The molecule has 1 heterocycles. The number of hydrogen-bond acceptors (Lipinski definition) is 2. The maximum absolute atomic E-state index is 12.2. The van der Waals surface area contributed by atoms with E-state index in [0.717, 1.165) is 22.4 Å². The summed E-state index contributed by atoms with van der Waals surface area (Å²) in [6.45, 7) is 2.05. The molecular formula is C18H18N2O2. The first-order valence-corrected chi connectivity index (χ1v) is 7.40. The van der Waals surface area contributed by atoms with E-state index in [9.17, 15) is 9.59 Å². The smallest absolute Gasteiger partial charge is 0.246 e. The van der Waals surface area contributed by atoms with Crippen LogP contribution in [0.5, 0.6) is 0 Å². The Labute approximate surface area is 129 Å². The van der Waals surface area contributed by atoms with Crippen LogP contribution in [-0.4, -0.2) is 17.9 Å². The highest BCUT2D eigenvalue weighted by Crippen LogP contribution is 2.26. The average molecular weight is 294 g/mol. The largest absolute Gasteiger partial charge is 0.344 e. The molecule has 2 aromatic carbocycles. The summed E-state index contributed by atoms with van der Waals surface area (Å²) in [4.78, 5) is 23.4. The molecule has 1 aliphatic heterocycles. The molecule has 1 saturated heterocycles. The van der Waals surface area contributed by atoms with Gasteiger partial charge >= 0.3 is 0 Å². The van der Waals surface area contributed by atoms with Crippen molar-refractivity contribution in [1.29, 1.82) is 0 Å². The Bertz CT molecular complexity index is 710. The first-order valence-electron chi connectivity index (χ1n) is 7.40. The van der Waals surface area contributed by atoms with Gasteiger partial charge in [-0.2, -0.15) is 0 Å². The molecule has 0 saturated carbocycles. The fraction of sp³-hybridized carbons (Fsp3) is 0.222. The zero-order chi connectivity index (χ0) is 15.5. The van der Waals surface area contributed by atoms with Gasteiger partial charge in [-0.25, -0.2) is 0 Å². The summed E-state index contributed by atoms with van der Waals surface area (Å²) >= 11 is 0. The predicted molar refractivity (Wildman–Crippen MR) is 86.4 cm³/mol. The van der Waals surface area contributed by atoms with Crippen molar-refractivity contribution in [1.82, 2.24) is 5.32 Å². The number of carbonyl (C=O) groups excluding carboxylic acids is 2. The van der Waals surface area contributed by atoms with Gasteiger partial charge in [0.05, 0.1) is 0 Å².